The van der Waals surface area contributed by atoms with Gasteiger partial charge in [-0.2, -0.15) is 0 Å². The summed E-state index contributed by atoms with van der Waals surface area (Å²) in [6.45, 7) is 0.543. The van der Waals surface area contributed by atoms with Crippen LogP contribution in [0.15, 0.2) is 18.2 Å². The van der Waals surface area contributed by atoms with Crippen molar-refractivity contribution in [2.75, 3.05) is 39.9 Å². The van der Waals surface area contributed by atoms with E-state index in [1.807, 2.05) is 0 Å². The molecule has 3 rings (SSSR count). The number of nitrogens with zero attached hydrogens (tertiary/aromatic N) is 2. The van der Waals surface area contributed by atoms with E-state index in [0.29, 0.717) is 12.8 Å². The molecule has 0 aromatic heterocycles. The summed E-state index contributed by atoms with van der Waals surface area (Å²) in [6, 6.07) is 2.44. The number of carbonyl (C=O) groups is 3. The van der Waals surface area contributed by atoms with Crippen LogP contribution < -0.4 is 5.32 Å². The summed E-state index contributed by atoms with van der Waals surface area (Å²) in [6.07, 6.45) is 3.22. The number of hydrogen-bond acceptors (Lipinski definition) is 4. The number of nitrogens with one attached hydrogen (secondary N) is 1. The van der Waals surface area contributed by atoms with Crippen LogP contribution in [0.1, 0.15) is 36.0 Å². The van der Waals surface area contributed by atoms with Gasteiger partial charge in [-0.3, -0.25) is 14.4 Å². The molecule has 30 heavy (non-hydrogen) atoms. The zero-order valence-corrected chi connectivity index (χ0v) is 17.0. The molecule has 3 amide bonds. The van der Waals surface area contributed by atoms with Crippen molar-refractivity contribution in [2.24, 2.45) is 5.92 Å². The van der Waals surface area contributed by atoms with Gasteiger partial charge in [-0.15, -0.1) is 0 Å². The second-order valence-electron chi connectivity index (χ2n) is 7.69. The minimum Gasteiger partial charge on any atom is -0.375 e. The van der Waals surface area contributed by atoms with Gasteiger partial charge in [0.1, 0.15) is 18.2 Å². The van der Waals surface area contributed by atoms with Crippen molar-refractivity contribution in [3.8, 4) is 0 Å². The number of amides is 3. The van der Waals surface area contributed by atoms with E-state index < -0.39 is 17.5 Å². The van der Waals surface area contributed by atoms with E-state index in [2.05, 4.69) is 5.32 Å². The molecule has 1 aromatic rings. The second kappa shape index (κ2) is 9.97. The standard InChI is InChI=1S/C21H27F2N3O4/c1-30-13-19(27)26-11-10-25(21(29)16-12-14(22)6-7-17(16)23)9-8-24-20(28)15-4-2-3-5-18(15)26/h6-7,12,15,18H,2-5,8-11,13H2,1H3,(H,24,28). The summed E-state index contributed by atoms with van der Waals surface area (Å²) in [5.41, 5.74) is -0.372. The quantitative estimate of drug-likeness (QED) is 0.801. The lowest BCUT2D eigenvalue weighted by atomic mass is 9.82. The molecule has 1 saturated heterocycles. The van der Waals surface area contributed by atoms with Crippen molar-refractivity contribution in [2.45, 2.75) is 31.7 Å². The van der Waals surface area contributed by atoms with Crippen LogP contribution in [0.5, 0.6) is 0 Å². The predicted octanol–water partition coefficient (Wildman–Crippen LogP) is 1.57. The maximum absolute atomic E-state index is 14.1. The maximum atomic E-state index is 14.1. The molecule has 1 aliphatic heterocycles. The molecule has 1 saturated carbocycles. The lowest BCUT2D eigenvalue weighted by Gasteiger charge is -2.41. The summed E-state index contributed by atoms with van der Waals surface area (Å²) in [5, 5.41) is 2.84. The Hall–Kier alpha value is -2.55. The van der Waals surface area contributed by atoms with Gasteiger partial charge in [0.15, 0.2) is 0 Å². The van der Waals surface area contributed by atoms with Crippen LogP contribution in [0, 0.1) is 17.6 Å². The van der Waals surface area contributed by atoms with Crippen LogP contribution in [0.2, 0.25) is 0 Å². The Bertz CT molecular complexity index is 804. The number of ether oxygens (including phenoxy) is 1. The number of benzene rings is 1. The first kappa shape index (κ1) is 22.1. The Morgan fingerprint density at radius 1 is 1.17 bits per heavy atom. The van der Waals surface area contributed by atoms with E-state index in [0.717, 1.165) is 31.0 Å². The molecule has 1 heterocycles. The van der Waals surface area contributed by atoms with Gasteiger partial charge in [-0.25, -0.2) is 8.78 Å². The van der Waals surface area contributed by atoms with Gasteiger partial charge in [0, 0.05) is 39.3 Å². The molecular formula is C21H27F2N3O4. The van der Waals surface area contributed by atoms with Gasteiger partial charge in [-0.05, 0) is 31.0 Å². The number of hydrogen-bond donors (Lipinski definition) is 1. The number of methoxy groups -OCH3 is 1. The van der Waals surface area contributed by atoms with E-state index in [-0.39, 0.29) is 62.1 Å². The lowest BCUT2D eigenvalue weighted by molar-refractivity contribution is -0.142. The summed E-state index contributed by atoms with van der Waals surface area (Å²) >= 11 is 0. The summed E-state index contributed by atoms with van der Waals surface area (Å²) < 4.78 is 32.7. The zero-order valence-electron chi connectivity index (χ0n) is 17.0. The molecule has 1 N–H and O–H groups in total. The average Bonchev–Trinajstić information content (AvgIpc) is 2.74. The highest BCUT2D eigenvalue weighted by Crippen LogP contribution is 2.29. The third-order valence-electron chi connectivity index (χ3n) is 5.79. The number of rotatable bonds is 3. The van der Waals surface area contributed by atoms with Gasteiger partial charge in [0.05, 0.1) is 11.5 Å². The van der Waals surface area contributed by atoms with E-state index in [4.69, 9.17) is 4.74 Å². The van der Waals surface area contributed by atoms with E-state index in [1.165, 1.54) is 12.0 Å². The Kier molecular flexibility index (Phi) is 7.36. The smallest absolute Gasteiger partial charge is 0.257 e. The number of carbonyl (C=O) groups excluding carboxylic acids is 3. The molecule has 2 unspecified atom stereocenters. The fourth-order valence-electron chi connectivity index (χ4n) is 4.29. The number of halogens is 2. The molecule has 164 valence electrons. The first-order valence-corrected chi connectivity index (χ1v) is 10.2. The van der Waals surface area contributed by atoms with E-state index in [1.54, 1.807) is 4.90 Å². The highest BCUT2D eigenvalue weighted by atomic mass is 19.1. The molecular weight excluding hydrogens is 396 g/mol. The molecule has 2 fully saturated rings. The Morgan fingerprint density at radius 3 is 2.70 bits per heavy atom. The van der Waals surface area contributed by atoms with Crippen LogP contribution in [0.4, 0.5) is 8.78 Å². The maximum Gasteiger partial charge on any atom is 0.257 e. The van der Waals surface area contributed by atoms with Crippen molar-refractivity contribution in [3.63, 3.8) is 0 Å². The molecule has 9 heteroatoms. The Morgan fingerprint density at radius 2 is 1.93 bits per heavy atom. The highest BCUT2D eigenvalue weighted by molar-refractivity contribution is 5.94. The van der Waals surface area contributed by atoms with Crippen LogP contribution >= 0.6 is 0 Å². The van der Waals surface area contributed by atoms with Crippen molar-refractivity contribution in [1.29, 1.82) is 0 Å². The molecule has 7 nitrogen and oxygen atoms in total. The van der Waals surface area contributed by atoms with Crippen LogP contribution in [-0.4, -0.2) is 73.5 Å². The van der Waals surface area contributed by atoms with Crippen LogP contribution in [-0.2, 0) is 14.3 Å². The zero-order chi connectivity index (χ0) is 21.7. The Balaban J connectivity index is 1.86. The van der Waals surface area contributed by atoms with Crippen molar-refractivity contribution < 1.29 is 27.9 Å². The van der Waals surface area contributed by atoms with Gasteiger partial charge in [0.25, 0.3) is 5.91 Å². The fraction of sp³-hybridized carbons (Fsp3) is 0.571. The minimum absolute atomic E-state index is 0.128. The monoisotopic (exact) mass is 423 g/mol. The SMILES string of the molecule is COCC(=O)N1CCN(C(=O)c2cc(F)ccc2F)CCNC(=O)C2CCCCC21. The fourth-order valence-corrected chi connectivity index (χ4v) is 4.29. The molecule has 1 aliphatic carbocycles. The number of fused-ring (bicyclic) bond motifs is 1. The third kappa shape index (κ3) is 4.95. The molecule has 2 atom stereocenters. The first-order chi connectivity index (χ1) is 14.4. The highest BCUT2D eigenvalue weighted by Gasteiger charge is 2.38. The normalized spacial score (nSPS) is 22.8. The molecule has 0 spiro atoms. The summed E-state index contributed by atoms with van der Waals surface area (Å²) in [5.74, 6) is -2.92. The average molecular weight is 423 g/mol. The van der Waals surface area contributed by atoms with Crippen molar-refractivity contribution >= 4 is 17.7 Å². The van der Waals surface area contributed by atoms with Gasteiger partial charge in [0.2, 0.25) is 11.8 Å². The van der Waals surface area contributed by atoms with Gasteiger partial charge >= 0.3 is 0 Å². The van der Waals surface area contributed by atoms with Crippen molar-refractivity contribution in [3.05, 3.63) is 35.4 Å². The van der Waals surface area contributed by atoms with Crippen LogP contribution in [0.3, 0.4) is 0 Å². The van der Waals surface area contributed by atoms with E-state index >= 15 is 0 Å². The topological polar surface area (TPSA) is 79.0 Å². The summed E-state index contributed by atoms with van der Waals surface area (Å²) in [4.78, 5) is 41.3. The van der Waals surface area contributed by atoms with Gasteiger partial charge in [-0.1, -0.05) is 12.8 Å². The molecule has 0 radical (unpaired) electrons. The second-order valence-corrected chi connectivity index (χ2v) is 7.69. The lowest BCUT2D eigenvalue weighted by Crippen LogP contribution is -2.56. The minimum atomic E-state index is -0.817. The van der Waals surface area contributed by atoms with Crippen molar-refractivity contribution in [1.82, 2.24) is 15.1 Å². The van der Waals surface area contributed by atoms with E-state index in [9.17, 15) is 23.2 Å². The Labute approximate surface area is 174 Å². The molecule has 2 aliphatic rings. The first-order valence-electron chi connectivity index (χ1n) is 10.2. The predicted molar refractivity (Wildman–Crippen MR) is 105 cm³/mol. The summed E-state index contributed by atoms with van der Waals surface area (Å²) in [7, 11) is 1.42. The largest absolute Gasteiger partial charge is 0.375 e. The van der Waals surface area contributed by atoms with Gasteiger partial charge < -0.3 is 19.9 Å². The van der Waals surface area contributed by atoms with Crippen LogP contribution in [0.25, 0.3) is 0 Å². The molecule has 0 bridgehead atoms. The third-order valence-corrected chi connectivity index (χ3v) is 5.79. The molecule has 1 aromatic carbocycles.